The summed E-state index contributed by atoms with van der Waals surface area (Å²) in [6.07, 6.45) is 5.20. The molecule has 1 aliphatic rings. The molecule has 1 aliphatic heterocycles. The zero-order chi connectivity index (χ0) is 18.5. The summed E-state index contributed by atoms with van der Waals surface area (Å²) in [4.78, 5) is 4.70. The second-order valence-electron chi connectivity index (χ2n) is 7.08. The van der Waals surface area contributed by atoms with Crippen LogP contribution >= 0.6 is 28.3 Å². The lowest BCUT2D eigenvalue weighted by Crippen LogP contribution is -2.19. The molecule has 2 aromatic heterocycles. The normalized spacial score (nSPS) is 14.3. The van der Waals surface area contributed by atoms with Crippen LogP contribution in [0.2, 0.25) is 0 Å². The van der Waals surface area contributed by atoms with E-state index >= 15 is 0 Å². The fourth-order valence-electron chi connectivity index (χ4n) is 3.73. The minimum atomic E-state index is 0. The Labute approximate surface area is 177 Å². The molecule has 5 nitrogen and oxygen atoms in total. The summed E-state index contributed by atoms with van der Waals surface area (Å²) in [7, 11) is 1.94. The molecule has 2 N–H and O–H groups in total. The molecule has 0 saturated carbocycles. The molecule has 0 atom stereocenters. The number of phenolic OH excluding ortho intramolecular Hbond substituents is 1. The molecule has 0 saturated heterocycles. The van der Waals surface area contributed by atoms with E-state index in [0.717, 1.165) is 56.8 Å². The number of thiazole rings is 1. The standard InChI is InChI=1S/C21H20N4OS.BrH/c1-12-7-14(8-16-11-25(2)24-19(12)16)15-9-17(26)20-18(10-15)27-21(23-20)13-3-5-22-6-4-13;/h3,7-11,22,26H,4-6H2,1-2H3;1H. The van der Waals surface area contributed by atoms with Crippen molar-refractivity contribution in [3.05, 3.63) is 47.1 Å². The highest BCUT2D eigenvalue weighted by Gasteiger charge is 2.15. The summed E-state index contributed by atoms with van der Waals surface area (Å²) < 4.78 is 2.85. The Balaban J connectivity index is 0.00000192. The van der Waals surface area contributed by atoms with E-state index < -0.39 is 0 Å². The summed E-state index contributed by atoms with van der Waals surface area (Å²) in [5, 5.41) is 20.6. The van der Waals surface area contributed by atoms with Crippen LogP contribution in [0.1, 0.15) is 17.0 Å². The number of hydrogen-bond donors (Lipinski definition) is 2. The van der Waals surface area contributed by atoms with Crippen molar-refractivity contribution in [3.63, 3.8) is 0 Å². The van der Waals surface area contributed by atoms with Crippen LogP contribution in [0, 0.1) is 6.92 Å². The van der Waals surface area contributed by atoms with Crippen molar-refractivity contribution >= 4 is 55.0 Å². The Hall–Kier alpha value is -2.22. The molecule has 0 aliphatic carbocycles. The Morgan fingerprint density at radius 1 is 1.14 bits per heavy atom. The van der Waals surface area contributed by atoms with E-state index in [-0.39, 0.29) is 22.7 Å². The maximum absolute atomic E-state index is 10.6. The van der Waals surface area contributed by atoms with E-state index in [1.165, 1.54) is 5.57 Å². The second-order valence-corrected chi connectivity index (χ2v) is 8.11. The molecule has 0 spiro atoms. The summed E-state index contributed by atoms with van der Waals surface area (Å²) >= 11 is 1.66. The molecule has 144 valence electrons. The highest BCUT2D eigenvalue weighted by molar-refractivity contribution is 8.93. The Morgan fingerprint density at radius 2 is 1.96 bits per heavy atom. The van der Waals surface area contributed by atoms with Crippen LogP contribution in [0.3, 0.4) is 0 Å². The number of phenols is 1. The van der Waals surface area contributed by atoms with E-state index in [9.17, 15) is 5.11 Å². The third-order valence-electron chi connectivity index (χ3n) is 5.06. The van der Waals surface area contributed by atoms with Crippen molar-refractivity contribution in [2.75, 3.05) is 13.1 Å². The van der Waals surface area contributed by atoms with Crippen LogP contribution in [-0.4, -0.2) is 33.0 Å². The number of hydrogen-bond acceptors (Lipinski definition) is 5. The molecule has 3 heterocycles. The SMILES string of the molecule is Br.Cc1cc(-c2cc(O)c3nc(C4=CCNCC4)sc3c2)cc2cn(C)nc12. The molecular formula is C21H21BrN4OS. The highest BCUT2D eigenvalue weighted by atomic mass is 79.9. The summed E-state index contributed by atoms with van der Waals surface area (Å²) in [5.74, 6) is 0.239. The van der Waals surface area contributed by atoms with Crippen molar-refractivity contribution in [3.8, 4) is 16.9 Å². The van der Waals surface area contributed by atoms with Gasteiger partial charge in [0, 0.05) is 25.2 Å². The maximum Gasteiger partial charge on any atom is 0.143 e. The van der Waals surface area contributed by atoms with Gasteiger partial charge in [0.05, 0.1) is 10.2 Å². The Morgan fingerprint density at radius 3 is 2.75 bits per heavy atom. The summed E-state index contributed by atoms with van der Waals surface area (Å²) in [6, 6.07) is 8.22. The van der Waals surface area contributed by atoms with Crippen LogP contribution < -0.4 is 5.32 Å². The molecule has 28 heavy (non-hydrogen) atoms. The number of fused-ring (bicyclic) bond motifs is 2. The number of aryl methyl sites for hydroxylation is 2. The first kappa shape index (κ1) is 19.1. The number of aromatic nitrogens is 3. The van der Waals surface area contributed by atoms with Crippen molar-refractivity contribution < 1.29 is 5.11 Å². The zero-order valence-electron chi connectivity index (χ0n) is 15.7. The van der Waals surface area contributed by atoms with Crippen molar-refractivity contribution in [2.45, 2.75) is 13.3 Å². The third-order valence-corrected chi connectivity index (χ3v) is 6.14. The van der Waals surface area contributed by atoms with E-state index in [0.29, 0.717) is 5.52 Å². The minimum Gasteiger partial charge on any atom is -0.506 e. The summed E-state index contributed by atoms with van der Waals surface area (Å²) in [6.45, 7) is 3.93. The molecule has 5 rings (SSSR count). The number of aromatic hydroxyl groups is 1. The highest BCUT2D eigenvalue weighted by Crippen LogP contribution is 2.38. The molecule has 0 amide bonds. The minimum absolute atomic E-state index is 0. The van der Waals surface area contributed by atoms with Gasteiger partial charge in [-0.15, -0.1) is 28.3 Å². The predicted octanol–water partition coefficient (Wildman–Crippen LogP) is 4.82. The number of benzene rings is 2. The molecule has 2 aromatic carbocycles. The maximum atomic E-state index is 10.6. The third kappa shape index (κ3) is 3.23. The molecule has 0 bridgehead atoms. The number of nitrogens with zero attached hydrogens (tertiary/aromatic N) is 3. The number of nitrogens with one attached hydrogen (secondary N) is 1. The van der Waals surface area contributed by atoms with Crippen LogP contribution in [0.5, 0.6) is 5.75 Å². The van der Waals surface area contributed by atoms with E-state index in [1.807, 2.05) is 24.0 Å². The van der Waals surface area contributed by atoms with Gasteiger partial charge in [0.1, 0.15) is 16.3 Å². The molecular weight excluding hydrogens is 436 g/mol. The van der Waals surface area contributed by atoms with E-state index in [4.69, 9.17) is 4.98 Å². The Bertz CT molecular complexity index is 1220. The van der Waals surface area contributed by atoms with Crippen LogP contribution in [-0.2, 0) is 7.05 Å². The first-order chi connectivity index (χ1) is 13.1. The van der Waals surface area contributed by atoms with Gasteiger partial charge < -0.3 is 10.4 Å². The molecule has 4 aromatic rings. The smallest absolute Gasteiger partial charge is 0.143 e. The van der Waals surface area contributed by atoms with Gasteiger partial charge in [-0.2, -0.15) is 5.10 Å². The zero-order valence-corrected chi connectivity index (χ0v) is 18.2. The van der Waals surface area contributed by atoms with Gasteiger partial charge in [-0.3, -0.25) is 4.68 Å². The molecule has 0 fully saturated rings. The predicted molar refractivity (Wildman–Crippen MR) is 122 cm³/mol. The fourth-order valence-corrected chi connectivity index (χ4v) is 4.82. The first-order valence-electron chi connectivity index (χ1n) is 9.06. The molecule has 0 unspecified atom stereocenters. The van der Waals surface area contributed by atoms with E-state index in [2.05, 4.69) is 41.6 Å². The van der Waals surface area contributed by atoms with Crippen molar-refractivity contribution in [2.24, 2.45) is 7.05 Å². The molecule has 0 radical (unpaired) electrons. The fraction of sp³-hybridized carbons (Fsp3) is 0.238. The topological polar surface area (TPSA) is 63.0 Å². The van der Waals surface area contributed by atoms with Gasteiger partial charge in [0.15, 0.2) is 0 Å². The van der Waals surface area contributed by atoms with Crippen LogP contribution in [0.15, 0.2) is 36.5 Å². The summed E-state index contributed by atoms with van der Waals surface area (Å²) in [5.41, 5.74) is 6.20. The largest absolute Gasteiger partial charge is 0.506 e. The van der Waals surface area contributed by atoms with Crippen LogP contribution in [0.4, 0.5) is 0 Å². The second kappa shape index (κ2) is 7.31. The van der Waals surface area contributed by atoms with Gasteiger partial charge in [-0.1, -0.05) is 6.08 Å². The van der Waals surface area contributed by atoms with Gasteiger partial charge in [-0.25, -0.2) is 4.98 Å². The van der Waals surface area contributed by atoms with Crippen molar-refractivity contribution in [1.82, 2.24) is 20.1 Å². The van der Waals surface area contributed by atoms with Crippen molar-refractivity contribution in [1.29, 1.82) is 0 Å². The average molecular weight is 457 g/mol. The average Bonchev–Trinajstić information content (AvgIpc) is 3.26. The monoisotopic (exact) mass is 456 g/mol. The van der Waals surface area contributed by atoms with Gasteiger partial charge in [0.2, 0.25) is 0 Å². The number of rotatable bonds is 2. The number of halogens is 1. The van der Waals surface area contributed by atoms with Gasteiger partial charge in [0.25, 0.3) is 0 Å². The van der Waals surface area contributed by atoms with Crippen LogP contribution in [0.25, 0.3) is 37.8 Å². The molecule has 7 heteroatoms. The lowest BCUT2D eigenvalue weighted by molar-refractivity contribution is 0.481. The first-order valence-corrected chi connectivity index (χ1v) is 9.88. The Kier molecular flexibility index (Phi) is 4.99. The quantitative estimate of drug-likeness (QED) is 0.453. The van der Waals surface area contributed by atoms with E-state index in [1.54, 1.807) is 11.3 Å². The lowest BCUT2D eigenvalue weighted by Gasteiger charge is -2.10. The lowest BCUT2D eigenvalue weighted by atomic mass is 10.0. The van der Waals surface area contributed by atoms with Gasteiger partial charge in [-0.05, 0) is 66.4 Å². The van der Waals surface area contributed by atoms with Gasteiger partial charge >= 0.3 is 0 Å².